The van der Waals surface area contributed by atoms with Crippen LogP contribution in [0.15, 0.2) is 0 Å². The number of aliphatic carboxylic acids is 1. The van der Waals surface area contributed by atoms with Crippen LogP contribution in [0.3, 0.4) is 0 Å². The Balaban J connectivity index is 1.29. The summed E-state index contributed by atoms with van der Waals surface area (Å²) in [4.78, 5) is 57.6. The zero-order valence-corrected chi connectivity index (χ0v) is 25.1. The fourth-order valence-corrected chi connectivity index (χ4v) is 5.91. The highest BCUT2D eigenvalue weighted by Gasteiger charge is 2.42. The predicted molar refractivity (Wildman–Crippen MR) is 152 cm³/mol. The quantitative estimate of drug-likeness (QED) is 0.0634. The number of rotatable bonds is 25. The molecule has 0 unspecified atom stereocenters. The lowest BCUT2D eigenvalue weighted by molar-refractivity contribution is -0.153. The second-order valence-corrected chi connectivity index (χ2v) is 11.2. The van der Waals surface area contributed by atoms with Gasteiger partial charge in [0.25, 0.3) is 0 Å². The number of ketones is 1. The van der Waals surface area contributed by atoms with E-state index < -0.39 is 23.9 Å². The van der Waals surface area contributed by atoms with Crippen molar-refractivity contribution in [1.29, 1.82) is 0 Å². The molecule has 0 aromatic rings. The molecule has 2 aliphatic rings. The summed E-state index contributed by atoms with van der Waals surface area (Å²) < 4.78 is 26.0. The molecule has 0 radical (unpaired) electrons. The molecule has 2 amide bonds. The van der Waals surface area contributed by atoms with Crippen LogP contribution >= 0.6 is 11.8 Å². The fourth-order valence-electron chi connectivity index (χ4n) is 4.37. The van der Waals surface area contributed by atoms with E-state index in [0.717, 1.165) is 25.0 Å². The number of esters is 2. The van der Waals surface area contributed by atoms with Gasteiger partial charge in [-0.25, -0.2) is 4.79 Å². The molecule has 0 aromatic carbocycles. The highest BCUT2D eigenvalue weighted by molar-refractivity contribution is 8.00. The number of hydrogen-bond acceptors (Lipinski definition) is 12. The highest BCUT2D eigenvalue weighted by Crippen LogP contribution is 2.33. The van der Waals surface area contributed by atoms with Gasteiger partial charge in [0.2, 0.25) is 0 Å². The minimum Gasteiger partial charge on any atom is -0.480 e. The van der Waals surface area contributed by atoms with Crippen LogP contribution in [0.5, 0.6) is 0 Å². The third-order valence-corrected chi connectivity index (χ3v) is 8.21. The molecule has 4 atom stereocenters. The molecular weight excluding hydrogens is 574 g/mol. The van der Waals surface area contributed by atoms with Crippen molar-refractivity contribution in [3.8, 4) is 0 Å². The van der Waals surface area contributed by atoms with Crippen LogP contribution in [0.25, 0.3) is 0 Å². The van der Waals surface area contributed by atoms with Gasteiger partial charge in [-0.1, -0.05) is 6.42 Å². The summed E-state index contributed by atoms with van der Waals surface area (Å²) in [6, 6.07) is -0.616. The van der Waals surface area contributed by atoms with Gasteiger partial charge in [-0.2, -0.15) is 11.8 Å². The third kappa shape index (κ3) is 15.1. The number of amides is 2. The number of thioether (sulfide) groups is 1. The van der Waals surface area contributed by atoms with Crippen LogP contribution in [0.1, 0.15) is 51.4 Å². The average molecular weight is 620 g/mol. The van der Waals surface area contributed by atoms with Gasteiger partial charge in [0.15, 0.2) is 0 Å². The minimum absolute atomic E-state index is 0.0361. The van der Waals surface area contributed by atoms with Crippen molar-refractivity contribution in [2.45, 2.75) is 74.7 Å². The molecule has 2 saturated heterocycles. The lowest BCUT2D eigenvalue weighted by atomic mass is 10.0. The van der Waals surface area contributed by atoms with Crippen molar-refractivity contribution in [3.63, 3.8) is 0 Å². The van der Waals surface area contributed by atoms with Crippen molar-refractivity contribution in [2.24, 2.45) is 0 Å². The van der Waals surface area contributed by atoms with Crippen LogP contribution in [-0.2, 0) is 42.9 Å². The number of carbonyl (C=O) groups is 5. The SMILES string of the molecule is CN[C@@H](COC(=O)CCC(=O)OCCOCCOCCOCCCC(=O)CCCC[C@H]1SC[C@H]2NC(=O)N[C@H]21)C(=O)O. The number of Topliss-reactive ketones (excluding diaryl/α,β-unsaturated/α-hetero) is 1. The van der Waals surface area contributed by atoms with E-state index in [9.17, 15) is 24.0 Å². The topological polar surface area (TPSA) is 188 Å². The van der Waals surface area contributed by atoms with E-state index >= 15 is 0 Å². The highest BCUT2D eigenvalue weighted by atomic mass is 32.2. The molecule has 240 valence electrons. The summed E-state index contributed by atoms with van der Waals surface area (Å²) in [6.45, 7) is 1.90. The van der Waals surface area contributed by atoms with Gasteiger partial charge < -0.3 is 44.7 Å². The Kier molecular flexibility index (Phi) is 18.1. The second kappa shape index (κ2) is 21.3. The van der Waals surface area contributed by atoms with Crippen molar-refractivity contribution in [3.05, 3.63) is 0 Å². The molecule has 2 rings (SSSR count). The summed E-state index contributed by atoms with van der Waals surface area (Å²) in [5.74, 6) is -1.19. The Bertz CT molecular complexity index is 863. The molecule has 0 aromatic heterocycles. The zero-order valence-electron chi connectivity index (χ0n) is 24.3. The van der Waals surface area contributed by atoms with Gasteiger partial charge in [-0.15, -0.1) is 0 Å². The first-order valence-electron chi connectivity index (χ1n) is 14.4. The summed E-state index contributed by atoms with van der Waals surface area (Å²) in [5.41, 5.74) is 0. The van der Waals surface area contributed by atoms with Gasteiger partial charge in [-0.3, -0.25) is 19.2 Å². The molecule has 42 heavy (non-hydrogen) atoms. The number of ether oxygens (including phenoxy) is 5. The number of fused-ring (bicyclic) bond motifs is 1. The first-order chi connectivity index (χ1) is 20.3. The Morgan fingerprint density at radius 2 is 1.48 bits per heavy atom. The Morgan fingerprint density at radius 3 is 2.14 bits per heavy atom. The summed E-state index contributed by atoms with van der Waals surface area (Å²) in [7, 11) is 1.44. The summed E-state index contributed by atoms with van der Waals surface area (Å²) in [6.07, 6.45) is 4.28. The molecule has 2 aliphatic heterocycles. The molecule has 0 saturated carbocycles. The standard InChI is InChI=1S/C27H45N3O11S/c1-28-20(26(34)35)17-41-24(33)9-8-23(32)40-16-15-39-14-13-38-12-11-37-10-4-6-19(31)5-2-3-7-22-25-21(18-42-22)29-27(36)30-25/h20-22,25,28H,2-18H2,1H3,(H,34,35)(H2,29,30,36)/t20-,21+,22+,25+/m0/s1. The summed E-state index contributed by atoms with van der Waals surface area (Å²) in [5, 5.41) is 17.7. The third-order valence-electron chi connectivity index (χ3n) is 6.70. The molecule has 0 bridgehead atoms. The van der Waals surface area contributed by atoms with Gasteiger partial charge >= 0.3 is 23.9 Å². The number of likely N-dealkylation sites (N-methyl/N-ethyl adjacent to an activating group) is 1. The molecule has 2 fully saturated rings. The maximum absolute atomic E-state index is 12.1. The Labute approximate surface area is 250 Å². The number of urea groups is 1. The number of unbranched alkanes of at least 4 members (excludes halogenated alkanes) is 1. The van der Waals surface area contributed by atoms with Crippen molar-refractivity contribution < 1.29 is 52.8 Å². The van der Waals surface area contributed by atoms with Crippen molar-refractivity contribution >= 4 is 41.5 Å². The fraction of sp³-hybridized carbons (Fsp3) is 0.815. The average Bonchev–Trinajstić information content (AvgIpc) is 3.51. The van der Waals surface area contributed by atoms with Crippen LogP contribution in [0.4, 0.5) is 4.79 Å². The Morgan fingerprint density at radius 1 is 0.857 bits per heavy atom. The smallest absolute Gasteiger partial charge is 0.324 e. The number of carbonyl (C=O) groups excluding carboxylic acids is 4. The zero-order chi connectivity index (χ0) is 30.6. The number of nitrogens with one attached hydrogen (secondary N) is 3. The number of carboxylic acids is 1. The van der Waals surface area contributed by atoms with E-state index in [0.29, 0.717) is 57.5 Å². The molecule has 0 spiro atoms. The molecule has 0 aliphatic carbocycles. The maximum atomic E-state index is 12.1. The molecular formula is C27H45N3O11S. The van der Waals surface area contributed by atoms with E-state index in [1.165, 1.54) is 7.05 Å². The normalized spacial score (nSPS) is 19.9. The summed E-state index contributed by atoms with van der Waals surface area (Å²) >= 11 is 1.89. The van der Waals surface area contributed by atoms with E-state index in [-0.39, 0.29) is 56.6 Å². The van der Waals surface area contributed by atoms with Crippen LogP contribution in [-0.4, -0.2) is 124 Å². The van der Waals surface area contributed by atoms with Gasteiger partial charge in [0, 0.05) is 30.5 Å². The second-order valence-electron chi connectivity index (χ2n) is 9.93. The van der Waals surface area contributed by atoms with Gasteiger partial charge in [0.05, 0.1) is 58.0 Å². The number of hydrogen-bond donors (Lipinski definition) is 4. The van der Waals surface area contributed by atoms with Crippen molar-refractivity contribution in [1.82, 2.24) is 16.0 Å². The first-order valence-corrected chi connectivity index (χ1v) is 15.5. The lowest BCUT2D eigenvalue weighted by Gasteiger charge is -2.16. The van der Waals surface area contributed by atoms with E-state index in [1.807, 2.05) is 11.8 Å². The van der Waals surface area contributed by atoms with E-state index in [4.69, 9.17) is 28.8 Å². The number of carboxylic acid groups (broad SMARTS) is 1. The Hall–Kier alpha value is -2.46. The van der Waals surface area contributed by atoms with Gasteiger partial charge in [0.1, 0.15) is 25.0 Å². The molecule has 2 heterocycles. The lowest BCUT2D eigenvalue weighted by Crippen LogP contribution is -2.38. The van der Waals surface area contributed by atoms with Crippen LogP contribution in [0, 0.1) is 0 Å². The van der Waals surface area contributed by atoms with Crippen LogP contribution in [0.2, 0.25) is 0 Å². The molecule has 4 N–H and O–H groups in total. The molecule has 15 heteroatoms. The van der Waals surface area contributed by atoms with E-state index in [1.54, 1.807) is 0 Å². The minimum atomic E-state index is -1.14. The van der Waals surface area contributed by atoms with Crippen molar-refractivity contribution in [2.75, 3.05) is 65.7 Å². The largest absolute Gasteiger partial charge is 0.480 e. The van der Waals surface area contributed by atoms with E-state index in [2.05, 4.69) is 16.0 Å². The van der Waals surface area contributed by atoms with Crippen LogP contribution < -0.4 is 16.0 Å². The molecule has 14 nitrogen and oxygen atoms in total. The first kappa shape index (κ1) is 35.7. The predicted octanol–water partition coefficient (Wildman–Crippen LogP) is 0.651. The monoisotopic (exact) mass is 619 g/mol. The van der Waals surface area contributed by atoms with Gasteiger partial charge in [-0.05, 0) is 26.3 Å². The maximum Gasteiger partial charge on any atom is 0.324 e.